The van der Waals surface area contributed by atoms with E-state index in [4.69, 9.17) is 23.2 Å². The van der Waals surface area contributed by atoms with E-state index in [1.54, 1.807) is 37.3 Å². The number of carbonyl (C=O) groups is 2. The largest absolute Gasteiger partial charge is 0.506 e. The first kappa shape index (κ1) is 28.2. The maximum absolute atomic E-state index is 14.7. The number of aromatic hydroxyl groups is 1. The summed E-state index contributed by atoms with van der Waals surface area (Å²) in [5.74, 6) is -3.16. The lowest BCUT2D eigenvalue weighted by atomic mass is 10.2. The van der Waals surface area contributed by atoms with Crippen LogP contribution in [0, 0.1) is 12.7 Å². The molecule has 0 fully saturated rings. The van der Waals surface area contributed by atoms with Crippen molar-refractivity contribution in [1.82, 2.24) is 0 Å². The van der Waals surface area contributed by atoms with Crippen LogP contribution in [0.4, 0.5) is 15.8 Å². The molecule has 0 aromatic heterocycles. The molecule has 0 spiro atoms. The Morgan fingerprint density at radius 1 is 1.00 bits per heavy atom. The predicted octanol–water partition coefficient (Wildman–Crippen LogP) is 5.99. The summed E-state index contributed by atoms with van der Waals surface area (Å²) in [6.07, 6.45) is 2.53. The quantitative estimate of drug-likeness (QED) is 0.230. The second-order valence-electron chi connectivity index (χ2n) is 8.09. The third-order valence-electron chi connectivity index (χ3n) is 5.36. The number of benzene rings is 3. The van der Waals surface area contributed by atoms with Gasteiger partial charge in [0.1, 0.15) is 16.8 Å². The highest BCUT2D eigenvalue weighted by Gasteiger charge is 2.33. The lowest BCUT2D eigenvalue weighted by Gasteiger charge is -2.17. The second-order valence-corrected chi connectivity index (χ2v) is 11.0. The topological polar surface area (TPSA) is 113 Å². The fourth-order valence-electron chi connectivity index (χ4n) is 3.37. The Morgan fingerprint density at radius 3 is 2.30 bits per heavy atom. The number of nitrogens with one attached hydrogen (secondary N) is 2. The van der Waals surface area contributed by atoms with Crippen LogP contribution in [0.15, 0.2) is 65.6 Å². The molecule has 3 rings (SSSR count). The number of sulfone groups is 1. The number of rotatable bonds is 8. The van der Waals surface area contributed by atoms with Gasteiger partial charge in [0.25, 0.3) is 0 Å². The van der Waals surface area contributed by atoms with Gasteiger partial charge in [0.05, 0.1) is 26.3 Å². The molecule has 3 aromatic rings. The maximum atomic E-state index is 14.7. The van der Waals surface area contributed by atoms with Gasteiger partial charge in [0, 0.05) is 18.2 Å². The highest BCUT2D eigenvalue weighted by atomic mass is 35.5. The summed E-state index contributed by atoms with van der Waals surface area (Å²) in [5, 5.41) is 14.0. The molecule has 0 saturated carbocycles. The Kier molecular flexibility index (Phi) is 8.96. The van der Waals surface area contributed by atoms with Crippen LogP contribution in [-0.4, -0.2) is 30.6 Å². The maximum Gasteiger partial charge on any atom is 0.248 e. The first-order valence-corrected chi connectivity index (χ1v) is 13.3. The van der Waals surface area contributed by atoms with Gasteiger partial charge in [0.15, 0.2) is 9.84 Å². The van der Waals surface area contributed by atoms with Crippen molar-refractivity contribution in [2.45, 2.75) is 30.4 Å². The molecule has 0 bridgehead atoms. The van der Waals surface area contributed by atoms with Crippen molar-refractivity contribution in [1.29, 1.82) is 0 Å². The summed E-state index contributed by atoms with van der Waals surface area (Å²) < 4.78 is 40.7. The minimum absolute atomic E-state index is 0.0320. The van der Waals surface area contributed by atoms with Crippen molar-refractivity contribution in [2.75, 3.05) is 10.6 Å². The lowest BCUT2D eigenvalue weighted by molar-refractivity contribution is -0.116. The van der Waals surface area contributed by atoms with Gasteiger partial charge in [-0.05, 0) is 49.2 Å². The van der Waals surface area contributed by atoms with E-state index < -0.39 is 44.2 Å². The minimum Gasteiger partial charge on any atom is -0.506 e. The molecule has 3 aromatic carbocycles. The number of hydrogen-bond acceptors (Lipinski definition) is 5. The van der Waals surface area contributed by atoms with Crippen LogP contribution in [-0.2, 0) is 19.4 Å². The van der Waals surface area contributed by atoms with Gasteiger partial charge in [-0.25, -0.2) is 12.8 Å². The molecule has 0 aliphatic carbocycles. The number of carbonyl (C=O) groups excluding carboxylic acids is 2. The van der Waals surface area contributed by atoms with Crippen LogP contribution in [0.3, 0.4) is 0 Å². The summed E-state index contributed by atoms with van der Waals surface area (Å²) >= 11 is 11.8. The van der Waals surface area contributed by atoms with Gasteiger partial charge in [-0.3, -0.25) is 9.59 Å². The number of amides is 2. The van der Waals surface area contributed by atoms with Crippen LogP contribution < -0.4 is 10.6 Å². The van der Waals surface area contributed by atoms with Gasteiger partial charge < -0.3 is 15.7 Å². The summed E-state index contributed by atoms with van der Waals surface area (Å²) in [4.78, 5) is 25.0. The molecular formula is C26H23Cl2FN2O5S. The summed E-state index contributed by atoms with van der Waals surface area (Å²) in [6, 6.07) is 12.5. The smallest absolute Gasteiger partial charge is 0.248 e. The fraction of sp³-hybridized carbons (Fsp3) is 0.154. The third kappa shape index (κ3) is 6.88. The van der Waals surface area contributed by atoms with Crippen LogP contribution in [0.2, 0.25) is 10.0 Å². The Bertz CT molecular complexity index is 1480. The molecule has 0 saturated heterocycles. The molecule has 194 valence electrons. The normalized spacial score (nSPS) is 12.4. The fourth-order valence-corrected chi connectivity index (χ4v) is 5.30. The molecule has 37 heavy (non-hydrogen) atoms. The summed E-state index contributed by atoms with van der Waals surface area (Å²) in [5.41, 5.74) is 0.748. The van der Waals surface area contributed by atoms with Gasteiger partial charge in [0.2, 0.25) is 11.8 Å². The van der Waals surface area contributed by atoms with E-state index in [0.29, 0.717) is 15.6 Å². The molecule has 11 heteroatoms. The van der Waals surface area contributed by atoms with Crippen molar-refractivity contribution in [3.63, 3.8) is 0 Å². The van der Waals surface area contributed by atoms with Crippen LogP contribution in [0.5, 0.6) is 5.75 Å². The molecule has 0 heterocycles. The zero-order valence-electron chi connectivity index (χ0n) is 19.8. The lowest BCUT2D eigenvalue weighted by Crippen LogP contribution is -2.35. The van der Waals surface area contributed by atoms with Crippen LogP contribution in [0.25, 0.3) is 6.08 Å². The zero-order valence-corrected chi connectivity index (χ0v) is 22.1. The predicted molar refractivity (Wildman–Crippen MR) is 143 cm³/mol. The highest BCUT2D eigenvalue weighted by molar-refractivity contribution is 7.92. The molecule has 1 atom stereocenters. The number of halogens is 3. The highest BCUT2D eigenvalue weighted by Crippen LogP contribution is 2.31. The van der Waals surface area contributed by atoms with E-state index in [1.165, 1.54) is 25.1 Å². The van der Waals surface area contributed by atoms with E-state index in [-0.39, 0.29) is 17.0 Å². The number of anilines is 2. The van der Waals surface area contributed by atoms with Crippen molar-refractivity contribution in [2.24, 2.45) is 0 Å². The summed E-state index contributed by atoms with van der Waals surface area (Å²) in [7, 11) is -4.05. The molecule has 0 aliphatic heterocycles. The van der Waals surface area contributed by atoms with E-state index in [2.05, 4.69) is 10.6 Å². The average Bonchev–Trinajstić information content (AvgIpc) is 2.83. The molecular weight excluding hydrogens is 542 g/mol. The zero-order chi connectivity index (χ0) is 27.3. The molecule has 3 N–H and O–H groups in total. The van der Waals surface area contributed by atoms with Gasteiger partial charge >= 0.3 is 0 Å². The number of phenolic OH excluding ortho intramolecular Hbond substituents is 1. The number of hydrogen-bond donors (Lipinski definition) is 3. The van der Waals surface area contributed by atoms with Gasteiger partial charge in [-0.2, -0.15) is 0 Å². The van der Waals surface area contributed by atoms with E-state index in [9.17, 15) is 27.5 Å². The first-order chi connectivity index (χ1) is 17.4. The van der Waals surface area contributed by atoms with Crippen molar-refractivity contribution in [3.8, 4) is 5.75 Å². The van der Waals surface area contributed by atoms with E-state index in [0.717, 1.165) is 23.8 Å². The standard InChI is InChI=1S/C26H23Cl2FN2O5S/c1-3-24(37(35,36)17-8-4-15(2)5-9-17)26(34)31-21-14-23(32)22(13-20(21)29)30-25(33)11-7-16-6-10-18(27)19(28)12-16/h4-14,24,32H,3H2,1-2H3,(H,30,33)(H,31,34)/b11-7+. The van der Waals surface area contributed by atoms with Crippen molar-refractivity contribution < 1.29 is 27.5 Å². The van der Waals surface area contributed by atoms with E-state index >= 15 is 0 Å². The van der Waals surface area contributed by atoms with Crippen molar-refractivity contribution >= 4 is 62.3 Å². The molecule has 1 unspecified atom stereocenters. The SMILES string of the molecule is CCC(C(=O)Nc1cc(O)c(NC(=O)/C=C/c2ccc(Cl)c(Cl)c2)cc1F)S(=O)(=O)c1ccc(C)cc1. The molecule has 0 radical (unpaired) electrons. The number of phenols is 1. The second kappa shape index (κ2) is 11.8. The average molecular weight is 565 g/mol. The summed E-state index contributed by atoms with van der Waals surface area (Å²) in [6.45, 7) is 3.32. The Hall–Kier alpha value is -3.40. The molecule has 2 amide bonds. The van der Waals surface area contributed by atoms with Gasteiger partial charge in [-0.15, -0.1) is 0 Å². The Labute approximate surface area is 223 Å². The van der Waals surface area contributed by atoms with Crippen molar-refractivity contribution in [3.05, 3.63) is 87.7 Å². The monoisotopic (exact) mass is 564 g/mol. The van der Waals surface area contributed by atoms with E-state index in [1.807, 2.05) is 0 Å². The van der Waals surface area contributed by atoms with Crippen LogP contribution in [0.1, 0.15) is 24.5 Å². The minimum atomic E-state index is -4.05. The molecule has 0 aliphatic rings. The van der Waals surface area contributed by atoms with Gasteiger partial charge in [-0.1, -0.05) is 53.9 Å². The number of aryl methyl sites for hydroxylation is 1. The third-order valence-corrected chi connectivity index (χ3v) is 8.32. The first-order valence-electron chi connectivity index (χ1n) is 11.0. The molecule has 7 nitrogen and oxygen atoms in total. The Balaban J connectivity index is 1.74. The Morgan fingerprint density at radius 2 is 1.68 bits per heavy atom. The van der Waals surface area contributed by atoms with Crippen LogP contribution >= 0.6 is 23.2 Å².